The van der Waals surface area contributed by atoms with Crippen LogP contribution in [0.4, 0.5) is 10.7 Å². The highest BCUT2D eigenvalue weighted by Gasteiger charge is 2.37. The predicted molar refractivity (Wildman–Crippen MR) is 141 cm³/mol. The smallest absolute Gasteiger partial charge is 0.414 e. The molecule has 4 rings (SSSR count). The molecule has 0 saturated heterocycles. The lowest BCUT2D eigenvalue weighted by atomic mass is 9.91. The van der Waals surface area contributed by atoms with Crippen molar-refractivity contribution in [3.05, 3.63) is 107 Å². The number of amides is 2. The summed E-state index contributed by atoms with van der Waals surface area (Å²) in [5.41, 5.74) is 1.62. The number of carbonyl (C=O) groups excluding carboxylic acids is 2. The fourth-order valence-electron chi connectivity index (χ4n) is 3.98. The number of ether oxygens (including phenoxy) is 1. The second-order valence-corrected chi connectivity index (χ2v) is 8.88. The maximum absolute atomic E-state index is 13.0. The van der Waals surface area contributed by atoms with Crippen LogP contribution in [-0.2, 0) is 15.1 Å². The summed E-state index contributed by atoms with van der Waals surface area (Å²) in [4.78, 5) is 37.5. The van der Waals surface area contributed by atoms with Gasteiger partial charge in [0, 0.05) is 5.56 Å². The number of hydrogen-bond donors (Lipinski definition) is 3. The molecule has 0 fully saturated rings. The molecule has 3 aromatic carbocycles. The number of nitrogens with zero attached hydrogens (tertiary/aromatic N) is 1. The van der Waals surface area contributed by atoms with E-state index in [0.717, 1.165) is 5.56 Å². The molecule has 0 spiro atoms. The van der Waals surface area contributed by atoms with Crippen molar-refractivity contribution < 1.29 is 28.8 Å². The molecule has 0 bridgehead atoms. The quantitative estimate of drug-likeness (QED) is 0.276. The van der Waals surface area contributed by atoms with E-state index < -0.39 is 29.6 Å². The zero-order valence-electron chi connectivity index (χ0n) is 21.1. The van der Waals surface area contributed by atoms with Gasteiger partial charge in [-0.15, -0.1) is 0 Å². The zero-order chi connectivity index (χ0) is 27.3. The summed E-state index contributed by atoms with van der Waals surface area (Å²) >= 11 is 0. The second kappa shape index (κ2) is 11.0. The number of rotatable bonds is 8. The molecule has 0 aliphatic heterocycles. The Morgan fingerprint density at radius 3 is 2.16 bits per heavy atom. The zero-order valence-corrected chi connectivity index (χ0v) is 21.1. The van der Waals surface area contributed by atoms with Gasteiger partial charge in [0.15, 0.2) is 5.54 Å². The largest absolute Gasteiger partial charge is 0.479 e. The molecule has 194 valence electrons. The van der Waals surface area contributed by atoms with Gasteiger partial charge in [0.25, 0.3) is 5.91 Å². The highest BCUT2D eigenvalue weighted by molar-refractivity contribution is 5.99. The molecule has 1 aromatic heterocycles. The molecule has 0 radical (unpaired) electrons. The van der Waals surface area contributed by atoms with Crippen LogP contribution in [0.25, 0.3) is 11.1 Å². The lowest BCUT2D eigenvalue weighted by Crippen LogP contribution is -2.49. The van der Waals surface area contributed by atoms with Crippen LogP contribution in [0.15, 0.2) is 89.5 Å². The number of carboxylic acid groups (broad SMARTS) is 1. The standard InChI is InChI=1S/C29H27N3O6/c1-18-24(26(38-32-18)30-28(36)37-19(2)20-10-6-4-7-11-20)21-14-16-22(17-15-21)25(33)31-29(3,27(34)35)23-12-8-5-9-13-23/h4-17,19H,1-3H3,(H,30,36)(H,31,33)(H,34,35)/t19-,29+/m1/s1. The van der Waals surface area contributed by atoms with Crippen molar-refractivity contribution in [3.63, 3.8) is 0 Å². The second-order valence-electron chi connectivity index (χ2n) is 8.88. The third-order valence-electron chi connectivity index (χ3n) is 6.21. The fraction of sp³-hybridized carbons (Fsp3) is 0.172. The Kier molecular flexibility index (Phi) is 7.57. The molecule has 1 heterocycles. The van der Waals surface area contributed by atoms with Gasteiger partial charge in [-0.1, -0.05) is 78.0 Å². The van der Waals surface area contributed by atoms with Gasteiger partial charge < -0.3 is 19.7 Å². The van der Waals surface area contributed by atoms with Crippen LogP contribution in [0.5, 0.6) is 0 Å². The van der Waals surface area contributed by atoms with Crippen LogP contribution in [0.2, 0.25) is 0 Å². The molecule has 0 aliphatic rings. The Morgan fingerprint density at radius 2 is 1.55 bits per heavy atom. The van der Waals surface area contributed by atoms with Gasteiger partial charge in [0.1, 0.15) is 6.10 Å². The Hall–Kier alpha value is -4.92. The third kappa shape index (κ3) is 5.57. The van der Waals surface area contributed by atoms with Gasteiger partial charge in [-0.3, -0.25) is 10.1 Å². The molecule has 0 unspecified atom stereocenters. The normalized spacial score (nSPS) is 13.1. The highest BCUT2D eigenvalue weighted by atomic mass is 16.6. The monoisotopic (exact) mass is 513 g/mol. The average Bonchev–Trinajstić information content (AvgIpc) is 3.28. The van der Waals surface area contributed by atoms with Gasteiger partial charge >= 0.3 is 12.1 Å². The molecular weight excluding hydrogens is 486 g/mol. The van der Waals surface area contributed by atoms with Gasteiger partial charge in [-0.05, 0) is 49.6 Å². The Labute approximate surface area is 219 Å². The molecule has 0 aliphatic carbocycles. The number of aromatic nitrogens is 1. The van der Waals surface area contributed by atoms with E-state index in [0.29, 0.717) is 22.4 Å². The predicted octanol–water partition coefficient (Wildman–Crippen LogP) is 5.69. The van der Waals surface area contributed by atoms with Crippen molar-refractivity contribution >= 4 is 23.9 Å². The van der Waals surface area contributed by atoms with E-state index in [-0.39, 0.29) is 11.4 Å². The third-order valence-corrected chi connectivity index (χ3v) is 6.21. The maximum Gasteiger partial charge on any atom is 0.414 e. The summed E-state index contributed by atoms with van der Waals surface area (Å²) in [6.45, 7) is 4.92. The van der Waals surface area contributed by atoms with E-state index in [2.05, 4.69) is 15.8 Å². The first-order chi connectivity index (χ1) is 18.2. The molecule has 9 nitrogen and oxygen atoms in total. The molecule has 38 heavy (non-hydrogen) atoms. The molecule has 2 atom stereocenters. The number of hydrogen-bond acceptors (Lipinski definition) is 6. The van der Waals surface area contributed by atoms with Crippen molar-refractivity contribution in [2.75, 3.05) is 5.32 Å². The summed E-state index contributed by atoms with van der Waals surface area (Å²) in [5.74, 6) is -1.63. The van der Waals surface area contributed by atoms with Crippen molar-refractivity contribution in [2.45, 2.75) is 32.4 Å². The molecule has 9 heteroatoms. The topological polar surface area (TPSA) is 131 Å². The summed E-state index contributed by atoms with van der Waals surface area (Å²) in [5, 5.41) is 19.0. The summed E-state index contributed by atoms with van der Waals surface area (Å²) in [6, 6.07) is 24.2. The molecule has 4 aromatic rings. The van der Waals surface area contributed by atoms with Gasteiger partial charge in [-0.25, -0.2) is 9.59 Å². The van der Waals surface area contributed by atoms with Gasteiger partial charge in [0.05, 0.1) is 11.3 Å². The Morgan fingerprint density at radius 1 is 0.947 bits per heavy atom. The lowest BCUT2D eigenvalue weighted by molar-refractivity contribution is -0.144. The van der Waals surface area contributed by atoms with Crippen LogP contribution in [0.3, 0.4) is 0 Å². The first kappa shape index (κ1) is 26.2. The van der Waals surface area contributed by atoms with E-state index >= 15 is 0 Å². The molecule has 2 amide bonds. The van der Waals surface area contributed by atoms with E-state index in [9.17, 15) is 19.5 Å². The maximum atomic E-state index is 13.0. The SMILES string of the molecule is Cc1noc(NC(=O)O[C@H](C)c2ccccc2)c1-c1ccc(C(=O)N[C@](C)(C(=O)O)c2ccccc2)cc1. The fourth-order valence-corrected chi connectivity index (χ4v) is 3.98. The van der Waals surface area contributed by atoms with Crippen LogP contribution < -0.4 is 10.6 Å². The minimum atomic E-state index is -1.61. The minimum Gasteiger partial charge on any atom is -0.479 e. The van der Waals surface area contributed by atoms with E-state index in [1.807, 2.05) is 30.3 Å². The number of aliphatic carboxylic acids is 1. The number of anilines is 1. The van der Waals surface area contributed by atoms with Crippen LogP contribution in [0.1, 0.15) is 47.1 Å². The first-order valence-electron chi connectivity index (χ1n) is 11.9. The first-order valence-corrected chi connectivity index (χ1v) is 11.9. The lowest BCUT2D eigenvalue weighted by Gasteiger charge is -2.26. The van der Waals surface area contributed by atoms with Crippen LogP contribution in [0, 0.1) is 6.92 Å². The number of nitrogens with one attached hydrogen (secondary N) is 2. The molecule has 3 N–H and O–H groups in total. The summed E-state index contributed by atoms with van der Waals surface area (Å²) < 4.78 is 10.8. The van der Waals surface area contributed by atoms with Gasteiger partial charge in [0.2, 0.25) is 5.88 Å². The average molecular weight is 514 g/mol. The van der Waals surface area contributed by atoms with E-state index in [1.54, 1.807) is 68.4 Å². The minimum absolute atomic E-state index is 0.104. The number of carboxylic acids is 1. The summed E-state index contributed by atoms with van der Waals surface area (Å²) in [6.07, 6.45) is -1.18. The number of aryl methyl sites for hydroxylation is 1. The van der Waals surface area contributed by atoms with Crippen molar-refractivity contribution in [3.8, 4) is 11.1 Å². The van der Waals surface area contributed by atoms with Crippen molar-refractivity contribution in [2.24, 2.45) is 0 Å². The molecular formula is C29H27N3O6. The van der Waals surface area contributed by atoms with E-state index in [1.165, 1.54) is 6.92 Å². The van der Waals surface area contributed by atoms with Crippen molar-refractivity contribution in [1.29, 1.82) is 0 Å². The summed E-state index contributed by atoms with van der Waals surface area (Å²) in [7, 11) is 0. The van der Waals surface area contributed by atoms with E-state index in [4.69, 9.17) is 9.26 Å². The Bertz CT molecular complexity index is 1430. The van der Waals surface area contributed by atoms with Crippen LogP contribution >= 0.6 is 0 Å². The number of carbonyl (C=O) groups is 3. The number of benzene rings is 3. The van der Waals surface area contributed by atoms with Crippen LogP contribution in [-0.4, -0.2) is 28.2 Å². The van der Waals surface area contributed by atoms with Crippen molar-refractivity contribution in [1.82, 2.24) is 10.5 Å². The molecule has 0 saturated carbocycles. The Balaban J connectivity index is 1.49. The highest BCUT2D eigenvalue weighted by Crippen LogP contribution is 2.32. The van der Waals surface area contributed by atoms with Gasteiger partial charge in [-0.2, -0.15) is 0 Å².